The second-order valence-corrected chi connectivity index (χ2v) is 5.72. The maximum atomic E-state index is 12.5. The molecule has 1 aliphatic heterocycles. The number of carbonyl (C=O) groups is 2. The summed E-state index contributed by atoms with van der Waals surface area (Å²) >= 11 is 0. The molecule has 22 heavy (non-hydrogen) atoms. The molecular formula is C15H18N2O5. The SMILES string of the molecule is Cc1cc([N+](=O)[O-])ccc1C(=O)N1CCC(C(=O)O)C(C)C1. The number of likely N-dealkylation sites (tertiary alicyclic amines) is 1. The van der Waals surface area contributed by atoms with Gasteiger partial charge in [0.05, 0.1) is 10.8 Å². The smallest absolute Gasteiger partial charge is 0.306 e. The minimum absolute atomic E-state index is 0.0491. The molecule has 2 unspecified atom stereocenters. The van der Waals surface area contributed by atoms with E-state index in [-0.39, 0.29) is 17.5 Å². The first kappa shape index (κ1) is 15.9. The number of aliphatic carboxylic acids is 1. The number of amides is 1. The van der Waals surface area contributed by atoms with E-state index in [1.54, 1.807) is 11.8 Å². The van der Waals surface area contributed by atoms with Gasteiger partial charge in [0, 0.05) is 30.8 Å². The van der Waals surface area contributed by atoms with Gasteiger partial charge in [0.1, 0.15) is 0 Å². The third-order valence-electron chi connectivity index (χ3n) is 4.16. The highest BCUT2D eigenvalue weighted by atomic mass is 16.6. The number of benzene rings is 1. The average Bonchev–Trinajstić information content (AvgIpc) is 2.45. The van der Waals surface area contributed by atoms with Crippen molar-refractivity contribution >= 4 is 17.6 Å². The standard InChI is InChI=1S/C15H18N2O5/c1-9-7-11(17(21)22)3-4-12(9)14(18)16-6-5-13(15(19)20)10(2)8-16/h3-4,7,10,13H,5-6,8H2,1-2H3,(H,19,20). The van der Waals surface area contributed by atoms with Crippen molar-refractivity contribution in [2.24, 2.45) is 11.8 Å². The Morgan fingerprint density at radius 2 is 2.09 bits per heavy atom. The Hall–Kier alpha value is -2.44. The molecule has 1 fully saturated rings. The van der Waals surface area contributed by atoms with E-state index in [0.717, 1.165) is 0 Å². The van der Waals surface area contributed by atoms with E-state index in [1.807, 2.05) is 6.92 Å². The maximum Gasteiger partial charge on any atom is 0.306 e. The number of hydrogen-bond donors (Lipinski definition) is 1. The summed E-state index contributed by atoms with van der Waals surface area (Å²) in [5.74, 6) is -1.58. The molecule has 1 aliphatic rings. The monoisotopic (exact) mass is 306 g/mol. The summed E-state index contributed by atoms with van der Waals surface area (Å²) < 4.78 is 0. The summed E-state index contributed by atoms with van der Waals surface area (Å²) in [5, 5.41) is 19.8. The number of nitro benzene ring substituents is 1. The van der Waals surface area contributed by atoms with Gasteiger partial charge in [0.25, 0.3) is 11.6 Å². The van der Waals surface area contributed by atoms with Gasteiger partial charge in [-0.15, -0.1) is 0 Å². The van der Waals surface area contributed by atoms with Crippen molar-refractivity contribution in [3.8, 4) is 0 Å². The average molecular weight is 306 g/mol. The Kier molecular flexibility index (Phi) is 4.44. The van der Waals surface area contributed by atoms with E-state index in [0.29, 0.717) is 30.6 Å². The quantitative estimate of drug-likeness (QED) is 0.680. The molecule has 0 saturated carbocycles. The number of hydrogen-bond acceptors (Lipinski definition) is 4. The summed E-state index contributed by atoms with van der Waals surface area (Å²) in [6.07, 6.45) is 0.425. The fraction of sp³-hybridized carbons (Fsp3) is 0.467. The highest BCUT2D eigenvalue weighted by molar-refractivity contribution is 5.96. The van der Waals surface area contributed by atoms with Crippen LogP contribution in [0.1, 0.15) is 29.3 Å². The van der Waals surface area contributed by atoms with Crippen LogP contribution in [0.5, 0.6) is 0 Å². The van der Waals surface area contributed by atoms with Gasteiger partial charge >= 0.3 is 5.97 Å². The number of non-ortho nitro benzene ring substituents is 1. The normalized spacial score (nSPS) is 21.5. The molecular weight excluding hydrogens is 288 g/mol. The first-order valence-electron chi connectivity index (χ1n) is 7.08. The van der Waals surface area contributed by atoms with Gasteiger partial charge in [-0.05, 0) is 30.9 Å². The van der Waals surface area contributed by atoms with Crippen molar-refractivity contribution in [2.75, 3.05) is 13.1 Å². The van der Waals surface area contributed by atoms with E-state index >= 15 is 0 Å². The summed E-state index contributed by atoms with van der Waals surface area (Å²) in [6, 6.07) is 4.15. The molecule has 0 bridgehead atoms. The fourth-order valence-electron chi connectivity index (χ4n) is 2.87. The van der Waals surface area contributed by atoms with Crippen molar-refractivity contribution in [2.45, 2.75) is 20.3 Å². The molecule has 0 aliphatic carbocycles. The number of rotatable bonds is 3. The number of aryl methyl sites for hydroxylation is 1. The zero-order valence-corrected chi connectivity index (χ0v) is 12.5. The third-order valence-corrected chi connectivity index (χ3v) is 4.16. The summed E-state index contributed by atoms with van der Waals surface area (Å²) in [4.78, 5) is 35.5. The molecule has 2 atom stereocenters. The summed E-state index contributed by atoms with van der Waals surface area (Å²) in [5.41, 5.74) is 0.922. The summed E-state index contributed by atoms with van der Waals surface area (Å²) in [6.45, 7) is 4.25. The number of piperidine rings is 1. The van der Waals surface area contributed by atoms with E-state index in [4.69, 9.17) is 5.11 Å². The van der Waals surface area contributed by atoms with Gasteiger partial charge in [-0.1, -0.05) is 6.92 Å². The van der Waals surface area contributed by atoms with Gasteiger partial charge in [-0.25, -0.2) is 0 Å². The van der Waals surface area contributed by atoms with E-state index in [2.05, 4.69) is 0 Å². The molecule has 0 aromatic heterocycles. The number of carbonyl (C=O) groups excluding carboxylic acids is 1. The number of nitrogens with zero attached hydrogens (tertiary/aromatic N) is 2. The second kappa shape index (κ2) is 6.13. The summed E-state index contributed by atoms with van der Waals surface area (Å²) in [7, 11) is 0. The Bertz CT molecular complexity index is 628. The lowest BCUT2D eigenvalue weighted by Crippen LogP contribution is -2.45. The lowest BCUT2D eigenvalue weighted by molar-refractivity contribution is -0.384. The number of nitro groups is 1. The molecule has 1 saturated heterocycles. The van der Waals surface area contributed by atoms with E-state index < -0.39 is 16.8 Å². The topological polar surface area (TPSA) is 101 Å². The van der Waals surface area contributed by atoms with Gasteiger partial charge in [-0.3, -0.25) is 19.7 Å². The largest absolute Gasteiger partial charge is 0.481 e. The lowest BCUT2D eigenvalue weighted by atomic mass is 9.86. The second-order valence-electron chi connectivity index (χ2n) is 5.72. The number of carboxylic acid groups (broad SMARTS) is 1. The van der Waals surface area contributed by atoms with Crippen LogP contribution < -0.4 is 0 Å². The van der Waals surface area contributed by atoms with Crippen molar-refractivity contribution in [3.05, 3.63) is 39.4 Å². The lowest BCUT2D eigenvalue weighted by Gasteiger charge is -2.35. The predicted octanol–water partition coefficient (Wildman–Crippen LogP) is 2.09. The van der Waals surface area contributed by atoms with Crippen LogP contribution in [-0.2, 0) is 4.79 Å². The van der Waals surface area contributed by atoms with Crippen molar-refractivity contribution in [3.63, 3.8) is 0 Å². The molecule has 1 amide bonds. The third kappa shape index (κ3) is 3.08. The molecule has 1 heterocycles. The van der Waals surface area contributed by atoms with Crippen LogP contribution in [0.25, 0.3) is 0 Å². The molecule has 1 N–H and O–H groups in total. The van der Waals surface area contributed by atoms with E-state index in [1.165, 1.54) is 18.2 Å². The van der Waals surface area contributed by atoms with Crippen molar-refractivity contribution in [1.82, 2.24) is 4.90 Å². The Labute approximate surface area is 127 Å². The number of carboxylic acids is 1. The van der Waals surface area contributed by atoms with Crippen LogP contribution >= 0.6 is 0 Å². The van der Waals surface area contributed by atoms with Crippen molar-refractivity contribution < 1.29 is 19.6 Å². The molecule has 118 valence electrons. The maximum absolute atomic E-state index is 12.5. The molecule has 7 nitrogen and oxygen atoms in total. The fourth-order valence-corrected chi connectivity index (χ4v) is 2.87. The minimum Gasteiger partial charge on any atom is -0.481 e. The first-order valence-corrected chi connectivity index (χ1v) is 7.08. The predicted molar refractivity (Wildman–Crippen MR) is 78.6 cm³/mol. The van der Waals surface area contributed by atoms with Crippen LogP contribution in [-0.4, -0.2) is 39.9 Å². The highest BCUT2D eigenvalue weighted by Gasteiger charge is 2.33. The van der Waals surface area contributed by atoms with Gasteiger partial charge in [0.2, 0.25) is 0 Å². The molecule has 0 spiro atoms. The Balaban J connectivity index is 2.16. The van der Waals surface area contributed by atoms with Gasteiger partial charge in [0.15, 0.2) is 0 Å². The van der Waals surface area contributed by atoms with Crippen molar-refractivity contribution in [1.29, 1.82) is 0 Å². The van der Waals surface area contributed by atoms with E-state index in [9.17, 15) is 19.7 Å². The Morgan fingerprint density at radius 1 is 1.41 bits per heavy atom. The highest BCUT2D eigenvalue weighted by Crippen LogP contribution is 2.26. The van der Waals surface area contributed by atoms with Gasteiger partial charge < -0.3 is 10.0 Å². The zero-order chi connectivity index (χ0) is 16.4. The molecule has 1 aromatic carbocycles. The minimum atomic E-state index is -0.828. The first-order chi connectivity index (χ1) is 10.3. The van der Waals surface area contributed by atoms with Crippen LogP contribution in [0.4, 0.5) is 5.69 Å². The zero-order valence-electron chi connectivity index (χ0n) is 12.5. The molecule has 7 heteroatoms. The molecule has 1 aromatic rings. The van der Waals surface area contributed by atoms with Crippen LogP contribution in [0.3, 0.4) is 0 Å². The van der Waals surface area contributed by atoms with Crippen LogP contribution in [0.15, 0.2) is 18.2 Å². The Morgan fingerprint density at radius 3 is 2.59 bits per heavy atom. The van der Waals surface area contributed by atoms with Gasteiger partial charge in [-0.2, -0.15) is 0 Å². The van der Waals surface area contributed by atoms with Crippen LogP contribution in [0.2, 0.25) is 0 Å². The van der Waals surface area contributed by atoms with Crippen LogP contribution in [0, 0.1) is 28.9 Å². The molecule has 2 rings (SSSR count). The molecule has 0 radical (unpaired) electrons.